The highest BCUT2D eigenvalue weighted by atomic mass is 127. The molecule has 2 aromatic heterocycles. The Labute approximate surface area is 195 Å². The minimum atomic E-state index is 0. The molecule has 30 heavy (non-hydrogen) atoms. The molecule has 2 aromatic rings. The van der Waals surface area contributed by atoms with Crippen LogP contribution in [-0.2, 0) is 16.0 Å². The predicted octanol–water partition coefficient (Wildman–Crippen LogP) is 2.77. The maximum atomic E-state index is 5.82. The summed E-state index contributed by atoms with van der Waals surface area (Å²) in [4.78, 5) is 13.2. The van der Waals surface area contributed by atoms with E-state index in [-0.39, 0.29) is 24.0 Å². The number of ether oxygens (including phenoxy) is 2. The second-order valence-electron chi connectivity index (χ2n) is 7.10. The smallest absolute Gasteiger partial charge is 0.191 e. The molecule has 166 valence electrons. The molecule has 2 N–H and O–H groups in total. The van der Waals surface area contributed by atoms with Crippen molar-refractivity contribution in [2.45, 2.75) is 32.7 Å². The van der Waals surface area contributed by atoms with Crippen LogP contribution in [0, 0.1) is 5.92 Å². The Morgan fingerprint density at radius 3 is 2.87 bits per heavy atom. The topological polar surface area (TPSA) is 85.6 Å². The SMILES string of the molecule is CCNC(=NCc1ccc(-n2ccnc2)nc1)NCCCOCC1CCOCC1.I. The first-order valence-electron chi connectivity index (χ1n) is 10.5. The van der Waals surface area contributed by atoms with Gasteiger partial charge >= 0.3 is 0 Å². The second-order valence-corrected chi connectivity index (χ2v) is 7.10. The summed E-state index contributed by atoms with van der Waals surface area (Å²) in [6.07, 6.45) is 10.4. The van der Waals surface area contributed by atoms with Crippen molar-refractivity contribution >= 4 is 29.9 Å². The Bertz CT molecular complexity index is 718. The molecule has 0 spiro atoms. The Morgan fingerprint density at radius 2 is 2.17 bits per heavy atom. The molecule has 0 aromatic carbocycles. The average molecular weight is 528 g/mol. The molecule has 0 amide bonds. The number of hydrogen-bond donors (Lipinski definition) is 2. The molecular formula is C21H33IN6O2. The van der Waals surface area contributed by atoms with E-state index in [4.69, 9.17) is 9.47 Å². The van der Waals surface area contributed by atoms with E-state index in [1.165, 1.54) is 0 Å². The van der Waals surface area contributed by atoms with Gasteiger partial charge in [0.1, 0.15) is 12.1 Å². The van der Waals surface area contributed by atoms with E-state index in [9.17, 15) is 0 Å². The van der Waals surface area contributed by atoms with Crippen molar-refractivity contribution in [2.75, 3.05) is 39.5 Å². The third kappa shape index (κ3) is 8.57. The van der Waals surface area contributed by atoms with Crippen molar-refractivity contribution in [1.29, 1.82) is 0 Å². The number of aliphatic imine (C=N–C) groups is 1. The molecule has 9 heteroatoms. The Morgan fingerprint density at radius 1 is 1.30 bits per heavy atom. The summed E-state index contributed by atoms with van der Waals surface area (Å²) in [5, 5.41) is 6.65. The number of rotatable bonds is 10. The van der Waals surface area contributed by atoms with Gasteiger partial charge in [0.2, 0.25) is 0 Å². The summed E-state index contributed by atoms with van der Waals surface area (Å²) >= 11 is 0. The Kier molecular flexibility index (Phi) is 11.7. The molecule has 0 radical (unpaired) electrons. The lowest BCUT2D eigenvalue weighted by Crippen LogP contribution is -2.38. The Hall–Kier alpha value is -1.72. The first-order valence-corrected chi connectivity index (χ1v) is 10.5. The van der Waals surface area contributed by atoms with Gasteiger partial charge in [-0.05, 0) is 43.7 Å². The number of halogens is 1. The third-order valence-corrected chi connectivity index (χ3v) is 4.79. The van der Waals surface area contributed by atoms with Gasteiger partial charge in [-0.1, -0.05) is 6.07 Å². The van der Waals surface area contributed by atoms with Crippen LogP contribution in [0.1, 0.15) is 31.7 Å². The number of aromatic nitrogens is 3. The lowest BCUT2D eigenvalue weighted by atomic mass is 10.0. The van der Waals surface area contributed by atoms with Gasteiger partial charge < -0.3 is 20.1 Å². The molecule has 0 unspecified atom stereocenters. The van der Waals surface area contributed by atoms with Crippen LogP contribution >= 0.6 is 24.0 Å². The fourth-order valence-corrected chi connectivity index (χ4v) is 3.11. The monoisotopic (exact) mass is 528 g/mol. The van der Waals surface area contributed by atoms with Gasteiger partial charge in [0.25, 0.3) is 0 Å². The first-order chi connectivity index (χ1) is 14.3. The van der Waals surface area contributed by atoms with Gasteiger partial charge in [-0.25, -0.2) is 15.0 Å². The number of nitrogens with zero attached hydrogens (tertiary/aromatic N) is 4. The van der Waals surface area contributed by atoms with E-state index < -0.39 is 0 Å². The number of pyridine rings is 1. The number of guanidine groups is 1. The van der Waals surface area contributed by atoms with Crippen molar-refractivity contribution in [3.05, 3.63) is 42.6 Å². The van der Waals surface area contributed by atoms with Gasteiger partial charge in [-0.15, -0.1) is 24.0 Å². The highest BCUT2D eigenvalue weighted by Gasteiger charge is 2.13. The molecule has 8 nitrogen and oxygen atoms in total. The first kappa shape index (κ1) is 24.5. The second kappa shape index (κ2) is 14.3. The van der Waals surface area contributed by atoms with E-state index in [1.54, 1.807) is 12.5 Å². The van der Waals surface area contributed by atoms with Crippen LogP contribution < -0.4 is 10.6 Å². The van der Waals surface area contributed by atoms with Crippen molar-refractivity contribution in [2.24, 2.45) is 10.9 Å². The standard InChI is InChI=1S/C21H32N6O2.HI/c1-2-23-21(24-8-3-11-29-16-18-6-12-28-13-7-18)26-15-19-4-5-20(25-14-19)27-10-9-22-17-27;/h4-5,9-10,14,17-18H,2-3,6-8,11-13,15-16H2,1H3,(H2,23,24,26);1H. The third-order valence-electron chi connectivity index (χ3n) is 4.79. The summed E-state index contributed by atoms with van der Waals surface area (Å²) < 4.78 is 13.1. The van der Waals surface area contributed by atoms with Crippen molar-refractivity contribution < 1.29 is 9.47 Å². The van der Waals surface area contributed by atoms with Gasteiger partial charge in [0.05, 0.1) is 6.54 Å². The van der Waals surface area contributed by atoms with Crippen molar-refractivity contribution in [3.63, 3.8) is 0 Å². The molecule has 0 atom stereocenters. The zero-order valence-corrected chi connectivity index (χ0v) is 20.0. The van der Waals surface area contributed by atoms with E-state index >= 15 is 0 Å². The fourth-order valence-electron chi connectivity index (χ4n) is 3.11. The van der Waals surface area contributed by atoms with Gasteiger partial charge in [0, 0.05) is 58.1 Å². The number of imidazole rings is 1. The molecule has 1 aliphatic heterocycles. The molecule has 1 aliphatic rings. The van der Waals surface area contributed by atoms with Gasteiger partial charge in [-0.3, -0.25) is 4.57 Å². The normalized spacial score (nSPS) is 14.9. The molecular weight excluding hydrogens is 495 g/mol. The van der Waals surface area contributed by atoms with E-state index in [0.29, 0.717) is 12.5 Å². The lowest BCUT2D eigenvalue weighted by Gasteiger charge is -2.21. The summed E-state index contributed by atoms with van der Waals surface area (Å²) in [5.41, 5.74) is 1.06. The van der Waals surface area contributed by atoms with Crippen LogP contribution in [0.15, 0.2) is 42.0 Å². The van der Waals surface area contributed by atoms with Gasteiger partial charge in [-0.2, -0.15) is 0 Å². The maximum absolute atomic E-state index is 5.82. The van der Waals surface area contributed by atoms with Crippen LogP contribution in [-0.4, -0.2) is 60.0 Å². The Balaban J connectivity index is 0.00000320. The summed E-state index contributed by atoms with van der Waals surface area (Å²) in [6, 6.07) is 4.02. The molecule has 1 saturated heterocycles. The molecule has 0 bridgehead atoms. The zero-order valence-electron chi connectivity index (χ0n) is 17.6. The average Bonchev–Trinajstić information content (AvgIpc) is 3.30. The molecule has 3 heterocycles. The summed E-state index contributed by atoms with van der Waals surface area (Å²) in [7, 11) is 0. The zero-order chi connectivity index (χ0) is 20.2. The number of hydrogen-bond acceptors (Lipinski definition) is 5. The molecule has 1 fully saturated rings. The molecule has 3 rings (SSSR count). The van der Waals surface area contributed by atoms with Crippen LogP contribution in [0.3, 0.4) is 0 Å². The van der Waals surface area contributed by atoms with Crippen LogP contribution in [0.2, 0.25) is 0 Å². The molecule has 0 saturated carbocycles. The number of nitrogens with one attached hydrogen (secondary N) is 2. The maximum Gasteiger partial charge on any atom is 0.191 e. The predicted molar refractivity (Wildman–Crippen MR) is 129 cm³/mol. The summed E-state index contributed by atoms with van der Waals surface area (Å²) in [6.45, 7) is 7.66. The minimum Gasteiger partial charge on any atom is -0.381 e. The van der Waals surface area contributed by atoms with Crippen molar-refractivity contribution in [1.82, 2.24) is 25.2 Å². The highest BCUT2D eigenvalue weighted by molar-refractivity contribution is 14.0. The highest BCUT2D eigenvalue weighted by Crippen LogP contribution is 2.14. The van der Waals surface area contributed by atoms with Crippen LogP contribution in [0.4, 0.5) is 0 Å². The van der Waals surface area contributed by atoms with E-state index in [1.807, 2.05) is 29.1 Å². The fraction of sp³-hybridized carbons (Fsp3) is 0.571. The van der Waals surface area contributed by atoms with Crippen LogP contribution in [0.25, 0.3) is 5.82 Å². The molecule has 0 aliphatic carbocycles. The summed E-state index contributed by atoms with van der Waals surface area (Å²) in [5.74, 6) is 2.32. The quantitative estimate of drug-likeness (QED) is 0.214. The van der Waals surface area contributed by atoms with Crippen LogP contribution in [0.5, 0.6) is 0 Å². The van der Waals surface area contributed by atoms with E-state index in [0.717, 1.165) is 76.1 Å². The lowest BCUT2D eigenvalue weighted by molar-refractivity contribution is 0.0203. The van der Waals surface area contributed by atoms with E-state index in [2.05, 4.69) is 32.5 Å². The minimum absolute atomic E-state index is 0. The van der Waals surface area contributed by atoms with Gasteiger partial charge in [0.15, 0.2) is 5.96 Å². The van der Waals surface area contributed by atoms with Crippen molar-refractivity contribution in [3.8, 4) is 5.82 Å². The largest absolute Gasteiger partial charge is 0.381 e.